The molecule has 0 saturated carbocycles. The molecule has 2 amide bonds. The molecule has 3 N–H and O–H groups in total. The highest BCUT2D eigenvalue weighted by Gasteiger charge is 2.30. The fraction of sp³-hybridized carbons (Fsp3) is 0.312. The molecule has 1 saturated heterocycles. The number of carbonyl (C=O) groups is 2. The Morgan fingerprint density at radius 1 is 1.10 bits per heavy atom. The molecular formula is C32H34N8O2. The maximum absolute atomic E-state index is 13.3. The summed E-state index contributed by atoms with van der Waals surface area (Å²) in [7, 11) is 0. The Morgan fingerprint density at radius 2 is 1.81 bits per heavy atom. The van der Waals surface area contributed by atoms with E-state index in [0.29, 0.717) is 46.9 Å². The van der Waals surface area contributed by atoms with Gasteiger partial charge in [-0.2, -0.15) is 5.10 Å². The molecule has 0 aliphatic carbocycles. The monoisotopic (exact) mass is 562 g/mol. The Labute approximate surface area is 245 Å². The van der Waals surface area contributed by atoms with Crippen molar-refractivity contribution >= 4 is 34.4 Å². The number of hydrogen-bond acceptors (Lipinski definition) is 6. The molecule has 1 fully saturated rings. The molecule has 10 nitrogen and oxygen atoms in total. The van der Waals surface area contributed by atoms with Crippen molar-refractivity contribution in [3.05, 3.63) is 89.2 Å². The van der Waals surface area contributed by atoms with Gasteiger partial charge in [0.05, 0.1) is 18.0 Å². The number of hydrogen-bond donors (Lipinski definition) is 2. The summed E-state index contributed by atoms with van der Waals surface area (Å²) in [6, 6.07) is 14.6. The van der Waals surface area contributed by atoms with Gasteiger partial charge in [-0.15, -0.1) is 0 Å². The molecular weight excluding hydrogens is 528 g/mol. The molecule has 1 aliphatic rings. The minimum Gasteiger partial charge on any atom is -0.383 e. The van der Waals surface area contributed by atoms with E-state index in [0.717, 1.165) is 24.0 Å². The number of nitrogens with two attached hydrogens (primary N) is 1. The number of fused-ring (bicyclic) bond motifs is 1. The molecule has 2 aromatic heterocycles. The highest BCUT2D eigenvalue weighted by atomic mass is 16.2. The molecule has 5 rings (SSSR count). The Balaban J connectivity index is 1.42. The second-order valence-corrected chi connectivity index (χ2v) is 11.7. The van der Waals surface area contributed by atoms with E-state index in [1.165, 1.54) is 6.33 Å². The number of nitrogens with zero attached hydrogens (tertiary/aromatic N) is 6. The molecule has 0 bridgehead atoms. The number of piperidine rings is 1. The van der Waals surface area contributed by atoms with Crippen LogP contribution in [0.4, 0.5) is 11.5 Å². The van der Waals surface area contributed by atoms with Crippen molar-refractivity contribution in [2.24, 2.45) is 5.41 Å². The van der Waals surface area contributed by atoms with E-state index in [1.807, 2.05) is 68.8 Å². The Morgan fingerprint density at radius 3 is 2.48 bits per heavy atom. The summed E-state index contributed by atoms with van der Waals surface area (Å²) in [5, 5.41) is 8.50. The Hall–Kier alpha value is -5.04. The van der Waals surface area contributed by atoms with Gasteiger partial charge in [0, 0.05) is 29.9 Å². The summed E-state index contributed by atoms with van der Waals surface area (Å²) in [6.07, 6.45) is 4.71. The van der Waals surface area contributed by atoms with E-state index in [4.69, 9.17) is 17.4 Å². The Kier molecular flexibility index (Phi) is 7.77. The van der Waals surface area contributed by atoms with Gasteiger partial charge in [0.1, 0.15) is 17.8 Å². The lowest BCUT2D eigenvalue weighted by Gasteiger charge is -2.33. The standard InChI is InChI=1S/C32H34N8O2/c1-20-8-10-22(11-9-20)30(41)37-23-14-12-21(13-15-23)27-26-28(33)35-19-36-29(26)40(38-27)24-7-6-16-39(18-24)31(42)25(34-5)17-32(2,3)4/h8-15,17,19,24H,6-7,16,18H2,1-4H3,(H,37,41)(H2,33,35,36). The van der Waals surface area contributed by atoms with Gasteiger partial charge in [0.15, 0.2) is 5.65 Å². The fourth-order valence-electron chi connectivity index (χ4n) is 5.12. The number of anilines is 2. The second kappa shape index (κ2) is 11.4. The SMILES string of the molecule is [C-]#[N+]C(=CC(C)(C)C)C(=O)N1CCCC(n2nc(-c3ccc(NC(=O)c4ccc(C)cc4)cc3)c3c(N)ncnc32)C1. The van der Waals surface area contributed by atoms with Crippen LogP contribution in [0.2, 0.25) is 0 Å². The molecule has 1 atom stereocenters. The average molecular weight is 563 g/mol. The number of amides is 2. The van der Waals surface area contributed by atoms with E-state index < -0.39 is 0 Å². The van der Waals surface area contributed by atoms with Crippen LogP contribution < -0.4 is 11.1 Å². The van der Waals surface area contributed by atoms with Gasteiger partial charge in [-0.25, -0.2) is 19.5 Å². The van der Waals surface area contributed by atoms with E-state index in [1.54, 1.807) is 23.1 Å². The summed E-state index contributed by atoms with van der Waals surface area (Å²) in [5.74, 6) is -0.144. The van der Waals surface area contributed by atoms with Crippen LogP contribution in [0.25, 0.3) is 27.1 Å². The van der Waals surface area contributed by atoms with Crippen LogP contribution in [0.5, 0.6) is 0 Å². The van der Waals surface area contributed by atoms with Crippen LogP contribution in [-0.2, 0) is 4.79 Å². The number of nitrogens with one attached hydrogen (secondary N) is 1. The molecule has 1 unspecified atom stereocenters. The summed E-state index contributed by atoms with van der Waals surface area (Å²) in [6.45, 7) is 16.4. The number of nitrogen functional groups attached to an aromatic ring is 1. The minimum absolute atomic E-state index is 0.135. The second-order valence-electron chi connectivity index (χ2n) is 11.7. The molecule has 0 spiro atoms. The highest BCUT2D eigenvalue weighted by Crippen LogP contribution is 2.34. The third-order valence-corrected chi connectivity index (χ3v) is 7.19. The zero-order valence-electron chi connectivity index (χ0n) is 24.3. The largest absolute Gasteiger partial charge is 0.383 e. The molecule has 42 heavy (non-hydrogen) atoms. The predicted octanol–water partition coefficient (Wildman–Crippen LogP) is 5.65. The number of aryl methyl sites for hydroxylation is 1. The molecule has 214 valence electrons. The number of carbonyl (C=O) groups excluding carboxylic acids is 2. The van der Waals surface area contributed by atoms with Crippen LogP contribution in [0, 0.1) is 18.9 Å². The maximum atomic E-state index is 13.3. The van der Waals surface area contributed by atoms with Crippen LogP contribution in [0.1, 0.15) is 55.6 Å². The van der Waals surface area contributed by atoms with Crippen LogP contribution in [0.15, 0.2) is 66.6 Å². The van der Waals surface area contributed by atoms with E-state index in [2.05, 4.69) is 20.1 Å². The molecule has 10 heteroatoms. The van der Waals surface area contributed by atoms with Crippen LogP contribution in [-0.4, -0.2) is 49.6 Å². The zero-order chi connectivity index (χ0) is 30.0. The van der Waals surface area contributed by atoms with Gasteiger partial charge < -0.3 is 16.0 Å². The van der Waals surface area contributed by atoms with Crippen molar-refractivity contribution in [1.29, 1.82) is 0 Å². The lowest BCUT2D eigenvalue weighted by molar-refractivity contribution is -0.128. The molecule has 3 heterocycles. The summed E-state index contributed by atoms with van der Waals surface area (Å²) < 4.78 is 1.83. The topological polar surface area (TPSA) is 123 Å². The van der Waals surface area contributed by atoms with Crippen LogP contribution >= 0.6 is 0 Å². The number of likely N-dealkylation sites (tertiary alicyclic amines) is 1. The van der Waals surface area contributed by atoms with E-state index in [-0.39, 0.29) is 29.0 Å². The van der Waals surface area contributed by atoms with Crippen molar-refractivity contribution in [3.63, 3.8) is 0 Å². The average Bonchev–Trinajstić information content (AvgIpc) is 3.37. The van der Waals surface area contributed by atoms with Gasteiger partial charge in [-0.05, 0) is 49.4 Å². The summed E-state index contributed by atoms with van der Waals surface area (Å²) in [4.78, 5) is 39.9. The van der Waals surface area contributed by atoms with E-state index in [9.17, 15) is 9.59 Å². The van der Waals surface area contributed by atoms with E-state index >= 15 is 0 Å². The minimum atomic E-state index is -0.286. The highest BCUT2D eigenvalue weighted by molar-refractivity contribution is 6.04. The lowest BCUT2D eigenvalue weighted by atomic mass is 9.95. The third kappa shape index (κ3) is 6.00. The first kappa shape index (κ1) is 28.5. The lowest BCUT2D eigenvalue weighted by Crippen LogP contribution is -2.41. The smallest absolute Gasteiger partial charge is 0.255 e. The number of benzene rings is 2. The van der Waals surface area contributed by atoms with Crippen molar-refractivity contribution in [2.75, 3.05) is 24.1 Å². The van der Waals surface area contributed by atoms with Crippen molar-refractivity contribution in [2.45, 2.75) is 46.6 Å². The number of rotatable bonds is 5. The van der Waals surface area contributed by atoms with Gasteiger partial charge in [0.25, 0.3) is 11.8 Å². The fourth-order valence-corrected chi connectivity index (χ4v) is 5.12. The van der Waals surface area contributed by atoms with Crippen molar-refractivity contribution in [1.82, 2.24) is 24.6 Å². The summed E-state index contributed by atoms with van der Waals surface area (Å²) >= 11 is 0. The maximum Gasteiger partial charge on any atom is 0.255 e. The number of aromatic nitrogens is 4. The molecule has 4 aromatic rings. The normalized spacial score (nSPS) is 15.8. The van der Waals surface area contributed by atoms with Crippen LogP contribution in [0.3, 0.4) is 0 Å². The Bertz CT molecular complexity index is 1710. The first-order valence-electron chi connectivity index (χ1n) is 13.9. The first-order valence-corrected chi connectivity index (χ1v) is 13.9. The summed E-state index contributed by atoms with van der Waals surface area (Å²) in [5.41, 5.74) is 10.5. The molecule has 0 radical (unpaired) electrons. The van der Waals surface area contributed by atoms with Gasteiger partial charge >= 0.3 is 0 Å². The predicted molar refractivity (Wildman–Crippen MR) is 163 cm³/mol. The first-order chi connectivity index (χ1) is 20.0. The zero-order valence-corrected chi connectivity index (χ0v) is 24.3. The third-order valence-electron chi connectivity index (χ3n) is 7.19. The quantitative estimate of drug-likeness (QED) is 0.239. The van der Waals surface area contributed by atoms with Gasteiger partial charge in [-0.1, -0.05) is 56.7 Å². The number of allylic oxidation sites excluding steroid dienone is 1. The van der Waals surface area contributed by atoms with Gasteiger partial charge in [0.2, 0.25) is 5.70 Å². The van der Waals surface area contributed by atoms with Crippen molar-refractivity contribution < 1.29 is 9.59 Å². The molecule has 1 aliphatic heterocycles. The molecule has 2 aromatic carbocycles. The van der Waals surface area contributed by atoms with Gasteiger partial charge in [-0.3, -0.25) is 9.59 Å². The van der Waals surface area contributed by atoms with Crippen molar-refractivity contribution in [3.8, 4) is 11.3 Å².